The molecule has 1 rings (SSSR count). The molecule has 1 aromatic carbocycles. The van der Waals surface area contributed by atoms with Crippen molar-refractivity contribution in [2.75, 3.05) is 20.3 Å². The molecular formula is C11H14O3. The number of benzene rings is 1. The molecular weight excluding hydrogens is 180 g/mol. The van der Waals surface area contributed by atoms with Gasteiger partial charge in [-0.15, -0.1) is 0 Å². The number of rotatable bonds is 5. The van der Waals surface area contributed by atoms with Gasteiger partial charge in [0.25, 0.3) is 0 Å². The van der Waals surface area contributed by atoms with Crippen LogP contribution in [0.15, 0.2) is 24.3 Å². The molecule has 0 unspecified atom stereocenters. The lowest BCUT2D eigenvalue weighted by atomic mass is 10.1. The molecule has 0 amide bonds. The lowest BCUT2D eigenvalue weighted by Gasteiger charge is -2.06. The second kappa shape index (κ2) is 5.40. The molecule has 0 aliphatic carbocycles. The van der Waals surface area contributed by atoms with Gasteiger partial charge in [-0.1, -0.05) is 12.1 Å². The Balaban J connectivity index is 2.78. The van der Waals surface area contributed by atoms with Crippen molar-refractivity contribution in [3.8, 4) is 5.75 Å². The van der Waals surface area contributed by atoms with E-state index in [4.69, 9.17) is 9.47 Å². The van der Waals surface area contributed by atoms with Crippen LogP contribution in [0.5, 0.6) is 5.75 Å². The van der Waals surface area contributed by atoms with E-state index in [2.05, 4.69) is 0 Å². The fourth-order valence-corrected chi connectivity index (χ4v) is 1.15. The Kier molecular flexibility index (Phi) is 4.13. The molecule has 3 heteroatoms. The van der Waals surface area contributed by atoms with Crippen molar-refractivity contribution in [2.45, 2.75) is 6.92 Å². The molecule has 0 atom stereocenters. The molecule has 0 fully saturated rings. The molecule has 0 N–H and O–H groups in total. The molecule has 0 spiro atoms. The summed E-state index contributed by atoms with van der Waals surface area (Å²) in [5, 5.41) is 0. The maximum absolute atomic E-state index is 11.6. The Morgan fingerprint density at radius 2 is 2.07 bits per heavy atom. The normalized spacial score (nSPS) is 9.86. The molecule has 0 saturated heterocycles. The van der Waals surface area contributed by atoms with Crippen LogP contribution in [0.3, 0.4) is 0 Å². The van der Waals surface area contributed by atoms with Crippen LogP contribution in [0.1, 0.15) is 17.3 Å². The Labute approximate surface area is 83.6 Å². The predicted octanol–water partition coefficient (Wildman–Crippen LogP) is 1.91. The molecule has 0 aromatic heterocycles. The molecule has 0 bridgehead atoms. The van der Waals surface area contributed by atoms with Crippen molar-refractivity contribution < 1.29 is 14.3 Å². The zero-order valence-corrected chi connectivity index (χ0v) is 8.45. The van der Waals surface area contributed by atoms with Gasteiger partial charge < -0.3 is 9.47 Å². The Morgan fingerprint density at radius 1 is 1.36 bits per heavy atom. The Morgan fingerprint density at radius 3 is 2.71 bits per heavy atom. The van der Waals surface area contributed by atoms with Gasteiger partial charge >= 0.3 is 0 Å². The molecule has 0 saturated carbocycles. The number of Topliss-reactive ketones (excluding diaryl/α,β-unsaturated/α-hetero) is 1. The second-order valence-corrected chi connectivity index (χ2v) is 2.76. The lowest BCUT2D eigenvalue weighted by Crippen LogP contribution is -2.10. The summed E-state index contributed by atoms with van der Waals surface area (Å²) in [6, 6.07) is 7.14. The van der Waals surface area contributed by atoms with Gasteiger partial charge in [-0.05, 0) is 19.1 Å². The standard InChI is InChI=1S/C11H14O3/c1-3-14-8-10(12)9-6-4-5-7-11(9)13-2/h4-7H,3,8H2,1-2H3. The van der Waals surface area contributed by atoms with Crippen LogP contribution >= 0.6 is 0 Å². The van der Waals surface area contributed by atoms with E-state index in [-0.39, 0.29) is 12.4 Å². The van der Waals surface area contributed by atoms with Crippen LogP contribution in [0.4, 0.5) is 0 Å². The number of carbonyl (C=O) groups is 1. The van der Waals surface area contributed by atoms with Crippen molar-refractivity contribution in [3.05, 3.63) is 29.8 Å². The van der Waals surface area contributed by atoms with Crippen molar-refractivity contribution in [1.29, 1.82) is 0 Å². The first-order chi connectivity index (χ1) is 6.79. The number of ketones is 1. The number of ether oxygens (including phenoxy) is 2. The second-order valence-electron chi connectivity index (χ2n) is 2.76. The lowest BCUT2D eigenvalue weighted by molar-refractivity contribution is 0.0780. The van der Waals surface area contributed by atoms with E-state index in [9.17, 15) is 4.79 Å². The number of hydrogen-bond donors (Lipinski definition) is 0. The van der Waals surface area contributed by atoms with E-state index in [1.165, 1.54) is 0 Å². The van der Waals surface area contributed by atoms with E-state index < -0.39 is 0 Å². The number of methoxy groups -OCH3 is 1. The topological polar surface area (TPSA) is 35.5 Å². The van der Waals surface area contributed by atoms with Gasteiger partial charge in [0.2, 0.25) is 0 Å². The van der Waals surface area contributed by atoms with E-state index in [0.29, 0.717) is 17.9 Å². The summed E-state index contributed by atoms with van der Waals surface area (Å²) in [4.78, 5) is 11.6. The van der Waals surface area contributed by atoms with Gasteiger partial charge in [0.15, 0.2) is 5.78 Å². The maximum Gasteiger partial charge on any atom is 0.192 e. The number of carbonyl (C=O) groups excluding carboxylic acids is 1. The van der Waals surface area contributed by atoms with Gasteiger partial charge in [0.1, 0.15) is 12.4 Å². The van der Waals surface area contributed by atoms with Gasteiger partial charge in [-0.2, -0.15) is 0 Å². The predicted molar refractivity (Wildman–Crippen MR) is 53.8 cm³/mol. The van der Waals surface area contributed by atoms with Crippen molar-refractivity contribution in [1.82, 2.24) is 0 Å². The first kappa shape index (κ1) is 10.7. The average Bonchev–Trinajstić information content (AvgIpc) is 2.25. The van der Waals surface area contributed by atoms with Gasteiger partial charge in [-0.25, -0.2) is 0 Å². The SMILES string of the molecule is CCOCC(=O)c1ccccc1OC. The Hall–Kier alpha value is -1.35. The summed E-state index contributed by atoms with van der Waals surface area (Å²) in [7, 11) is 1.55. The number of hydrogen-bond acceptors (Lipinski definition) is 3. The minimum atomic E-state index is -0.0516. The first-order valence-corrected chi connectivity index (χ1v) is 4.53. The first-order valence-electron chi connectivity index (χ1n) is 4.53. The van der Waals surface area contributed by atoms with E-state index in [1.807, 2.05) is 19.1 Å². The van der Waals surface area contributed by atoms with Gasteiger partial charge in [0, 0.05) is 6.61 Å². The van der Waals surface area contributed by atoms with E-state index in [0.717, 1.165) is 0 Å². The summed E-state index contributed by atoms with van der Waals surface area (Å²) in [5.41, 5.74) is 0.573. The summed E-state index contributed by atoms with van der Waals surface area (Å²) >= 11 is 0. The maximum atomic E-state index is 11.6. The molecule has 76 valence electrons. The van der Waals surface area contributed by atoms with Gasteiger partial charge in [-0.3, -0.25) is 4.79 Å². The number of para-hydroxylation sites is 1. The molecule has 0 aliphatic heterocycles. The smallest absolute Gasteiger partial charge is 0.192 e. The molecule has 0 radical (unpaired) electrons. The fourth-order valence-electron chi connectivity index (χ4n) is 1.15. The Bertz CT molecular complexity index is 307. The third-order valence-electron chi connectivity index (χ3n) is 1.84. The third-order valence-corrected chi connectivity index (χ3v) is 1.84. The highest BCUT2D eigenvalue weighted by atomic mass is 16.5. The van der Waals surface area contributed by atoms with Crippen LogP contribution in [0.25, 0.3) is 0 Å². The van der Waals surface area contributed by atoms with Crippen molar-refractivity contribution >= 4 is 5.78 Å². The third kappa shape index (κ3) is 2.57. The molecule has 0 heterocycles. The zero-order valence-electron chi connectivity index (χ0n) is 8.45. The highest BCUT2D eigenvalue weighted by Gasteiger charge is 2.10. The highest BCUT2D eigenvalue weighted by Crippen LogP contribution is 2.17. The van der Waals surface area contributed by atoms with Gasteiger partial charge in [0.05, 0.1) is 12.7 Å². The van der Waals surface area contributed by atoms with Crippen molar-refractivity contribution in [3.63, 3.8) is 0 Å². The van der Waals surface area contributed by atoms with E-state index in [1.54, 1.807) is 19.2 Å². The zero-order chi connectivity index (χ0) is 10.4. The van der Waals surface area contributed by atoms with Crippen LogP contribution in [-0.2, 0) is 4.74 Å². The summed E-state index contributed by atoms with van der Waals surface area (Å²) < 4.78 is 10.1. The fraction of sp³-hybridized carbons (Fsp3) is 0.364. The average molecular weight is 194 g/mol. The summed E-state index contributed by atoms with van der Waals surface area (Å²) in [6.07, 6.45) is 0. The summed E-state index contributed by atoms with van der Waals surface area (Å²) in [6.45, 7) is 2.51. The molecule has 1 aromatic rings. The van der Waals surface area contributed by atoms with Crippen LogP contribution in [0.2, 0.25) is 0 Å². The largest absolute Gasteiger partial charge is 0.496 e. The minimum Gasteiger partial charge on any atom is -0.496 e. The van der Waals surface area contributed by atoms with Crippen LogP contribution in [-0.4, -0.2) is 26.1 Å². The monoisotopic (exact) mass is 194 g/mol. The molecule has 3 nitrogen and oxygen atoms in total. The highest BCUT2D eigenvalue weighted by molar-refractivity contribution is 5.99. The quantitative estimate of drug-likeness (QED) is 0.672. The van der Waals surface area contributed by atoms with Crippen LogP contribution < -0.4 is 4.74 Å². The van der Waals surface area contributed by atoms with E-state index >= 15 is 0 Å². The minimum absolute atomic E-state index is 0.0516. The molecule has 0 aliphatic rings. The van der Waals surface area contributed by atoms with Crippen molar-refractivity contribution in [2.24, 2.45) is 0 Å². The summed E-state index contributed by atoms with van der Waals surface area (Å²) in [5.74, 6) is 0.543. The molecule has 14 heavy (non-hydrogen) atoms. The van der Waals surface area contributed by atoms with Crippen LogP contribution in [0, 0.1) is 0 Å².